The molecular weight excluding hydrogens is 985 g/mol. The van der Waals surface area contributed by atoms with E-state index in [0.29, 0.717) is 11.8 Å². The average molecular weight is 1090 g/mol. The van der Waals surface area contributed by atoms with Gasteiger partial charge in [-0.1, -0.05) is 104 Å². The normalized spacial score (nSPS) is 54.6. The van der Waals surface area contributed by atoms with Gasteiger partial charge in [-0.25, -0.2) is 0 Å². The van der Waals surface area contributed by atoms with Gasteiger partial charge >= 0.3 is 0 Å². The first-order valence-corrected chi connectivity index (χ1v) is 29.5. The van der Waals surface area contributed by atoms with Gasteiger partial charge in [0.1, 0.15) is 24.4 Å². The summed E-state index contributed by atoms with van der Waals surface area (Å²) in [5.74, 6) is -0.261. The molecule has 14 unspecified atom stereocenters. The van der Waals surface area contributed by atoms with Crippen molar-refractivity contribution in [2.75, 3.05) is 26.4 Å². The van der Waals surface area contributed by atoms with Gasteiger partial charge in [-0.3, -0.25) is 0 Å². The highest BCUT2D eigenvalue weighted by molar-refractivity contribution is 4.97. The first kappa shape index (κ1) is 62.9. The van der Waals surface area contributed by atoms with Gasteiger partial charge in [-0.15, -0.1) is 0 Å². The monoisotopic (exact) mass is 1090 g/mol. The van der Waals surface area contributed by atoms with Crippen LogP contribution in [0.25, 0.3) is 0 Å². The number of aliphatic hydroxyl groups excluding tert-OH is 5. The Bertz CT molecular complexity index is 1760. The van der Waals surface area contributed by atoms with E-state index in [2.05, 4.69) is 90.0 Å². The van der Waals surface area contributed by atoms with Gasteiger partial charge in [-0.05, 0) is 74.5 Å². The fourth-order valence-corrected chi connectivity index (χ4v) is 13.5. The van der Waals surface area contributed by atoms with Crippen LogP contribution < -0.4 is 0 Å². The van der Waals surface area contributed by atoms with Crippen LogP contribution >= 0.6 is 0 Å². The second kappa shape index (κ2) is 26.7. The lowest BCUT2D eigenvalue weighted by atomic mass is 9.78. The number of hydrogen-bond donors (Lipinski definition) is 5. The molecule has 18 heteroatoms. The SMILES string of the molecule is CCC1O[C@H](C)C(C)[C@@H](C)[C@@H]1O[C@H]1O[C@@H](C)[C@@H](O[C@H]2O[C@@H](CO)[C@@H](O[C@@H]3OC(C)[C@@H](O[C@H]4OC(CO)[C@@H](O[C@H]5OC(CO)[C@@H](O[C@H]6OC(CO)[C@@H](C)[C@H](C)C6C)[C@H](C)C5C)[C@H](C)C4C)[C@H](C)C3C)C(O)C2C)C(C)C1C. The smallest absolute Gasteiger partial charge is 0.163 e. The molecule has 0 saturated carbocycles. The first-order chi connectivity index (χ1) is 35.9. The molecule has 7 saturated heterocycles. The maximum Gasteiger partial charge on any atom is 0.163 e. The lowest BCUT2D eigenvalue weighted by molar-refractivity contribution is -0.373. The summed E-state index contributed by atoms with van der Waals surface area (Å²) in [6, 6.07) is 0. The molecule has 0 aromatic carbocycles. The molecule has 0 spiro atoms. The van der Waals surface area contributed by atoms with Gasteiger partial charge in [0, 0.05) is 35.5 Å². The third-order valence-electron chi connectivity index (χ3n) is 20.8. The number of hydrogen-bond acceptors (Lipinski definition) is 18. The first-order valence-electron chi connectivity index (χ1n) is 29.5. The van der Waals surface area contributed by atoms with E-state index in [1.807, 2.05) is 34.6 Å². The molecule has 7 rings (SSSR count). The van der Waals surface area contributed by atoms with Crippen molar-refractivity contribution >= 4 is 0 Å². The average Bonchev–Trinajstić information content (AvgIpc) is 3.40. The molecule has 5 N–H and O–H groups in total. The number of ether oxygens (including phenoxy) is 13. The Morgan fingerprint density at radius 3 is 0.947 bits per heavy atom. The van der Waals surface area contributed by atoms with Crippen LogP contribution in [0.1, 0.15) is 131 Å². The molecule has 444 valence electrons. The van der Waals surface area contributed by atoms with Crippen molar-refractivity contribution < 1.29 is 87.1 Å². The highest BCUT2D eigenvalue weighted by Gasteiger charge is 2.55. The Hall–Kier alpha value is -0.720. The minimum atomic E-state index is -1.05. The largest absolute Gasteiger partial charge is 0.394 e. The van der Waals surface area contributed by atoms with Crippen molar-refractivity contribution in [3.8, 4) is 0 Å². The van der Waals surface area contributed by atoms with Crippen LogP contribution in [0, 0.1) is 82.9 Å². The second-order valence-electron chi connectivity index (χ2n) is 25.2. The van der Waals surface area contributed by atoms with Gasteiger partial charge in [0.05, 0.1) is 93.6 Å². The van der Waals surface area contributed by atoms with Gasteiger partial charge < -0.3 is 87.1 Å². The maximum atomic E-state index is 11.9. The lowest BCUT2D eigenvalue weighted by Gasteiger charge is -2.52. The van der Waals surface area contributed by atoms with Gasteiger partial charge in [-0.2, -0.15) is 0 Å². The van der Waals surface area contributed by atoms with E-state index < -0.39 is 105 Å². The minimum Gasteiger partial charge on any atom is -0.394 e. The third-order valence-corrected chi connectivity index (χ3v) is 20.8. The van der Waals surface area contributed by atoms with E-state index in [4.69, 9.17) is 61.6 Å². The zero-order valence-electron chi connectivity index (χ0n) is 49.3. The standard InChI is InChI=1S/C58H104O18/c1-19-41-49(27(5)25(3)38(16)64-41)73-53-33(11)28(6)48(40(18)65-53)72-58-37(15)46(63)52(45(23-62)70-58)76-54-34(12)29(7)47(39(17)66-54)71-56-35(13)30(8)51(43(21-60)68-56)75-57-36(14)31(9)50(44(22-61)69-57)74-55-32(10)24(2)26(4)42(20-59)67-55/h24-63H,19-23H2,1-18H3/t24-,25?,26-,27+,28?,29+,30+,31+,32?,33?,34?,35?,36?,37?,38+,39?,40-,41?,42?,43?,44?,45-,46?,47-,48-,49-,50-,51-,52+,53+,54-,55+,56+,57+,58+/m0/s1. The fraction of sp³-hybridized carbons (Fsp3) is 1.00. The van der Waals surface area contributed by atoms with E-state index in [-0.39, 0.29) is 122 Å². The topological polar surface area (TPSA) is 221 Å². The van der Waals surface area contributed by atoms with E-state index >= 15 is 0 Å². The van der Waals surface area contributed by atoms with Crippen molar-refractivity contribution in [3.05, 3.63) is 0 Å². The Balaban J connectivity index is 0.925. The molecule has 0 radical (unpaired) electrons. The van der Waals surface area contributed by atoms with Crippen molar-refractivity contribution in [1.82, 2.24) is 0 Å². The minimum absolute atomic E-state index is 0.0105. The Labute approximate surface area is 455 Å². The summed E-state index contributed by atoms with van der Waals surface area (Å²) in [6.07, 6.45) is -10.4. The fourth-order valence-electron chi connectivity index (χ4n) is 13.5. The highest BCUT2D eigenvalue weighted by Crippen LogP contribution is 2.46. The second-order valence-corrected chi connectivity index (χ2v) is 25.2. The summed E-state index contributed by atoms with van der Waals surface area (Å²) in [5.41, 5.74) is 0. The summed E-state index contributed by atoms with van der Waals surface area (Å²) < 4.78 is 85.7. The van der Waals surface area contributed by atoms with E-state index in [0.717, 1.165) is 6.42 Å². The van der Waals surface area contributed by atoms with Crippen molar-refractivity contribution in [2.45, 2.75) is 260 Å². The van der Waals surface area contributed by atoms with Crippen molar-refractivity contribution in [2.24, 2.45) is 82.9 Å². The molecular formula is C58H104O18. The van der Waals surface area contributed by atoms with E-state index in [9.17, 15) is 25.5 Å². The molecule has 76 heavy (non-hydrogen) atoms. The molecule has 35 atom stereocenters. The molecule has 7 fully saturated rings. The van der Waals surface area contributed by atoms with Crippen LogP contribution in [-0.2, 0) is 61.6 Å². The summed E-state index contributed by atoms with van der Waals surface area (Å²) in [7, 11) is 0. The van der Waals surface area contributed by atoms with E-state index in [1.165, 1.54) is 0 Å². The Morgan fingerprint density at radius 2 is 0.553 bits per heavy atom. The summed E-state index contributed by atoms with van der Waals surface area (Å²) in [4.78, 5) is 0. The zero-order chi connectivity index (χ0) is 55.9. The van der Waals surface area contributed by atoms with Crippen molar-refractivity contribution in [1.29, 1.82) is 0 Å². The van der Waals surface area contributed by atoms with E-state index in [1.54, 1.807) is 0 Å². The predicted octanol–water partition coefficient (Wildman–Crippen LogP) is 6.12. The van der Waals surface area contributed by atoms with Crippen LogP contribution in [0.4, 0.5) is 0 Å². The molecule has 7 aliphatic rings. The molecule has 0 bridgehead atoms. The number of aliphatic hydroxyl groups is 5. The predicted molar refractivity (Wildman–Crippen MR) is 280 cm³/mol. The Morgan fingerprint density at radius 1 is 0.263 bits per heavy atom. The summed E-state index contributed by atoms with van der Waals surface area (Å²) in [5, 5.41) is 54.2. The molecule has 7 aliphatic heterocycles. The molecule has 7 heterocycles. The van der Waals surface area contributed by atoms with Crippen LogP contribution in [0.5, 0.6) is 0 Å². The summed E-state index contributed by atoms with van der Waals surface area (Å²) >= 11 is 0. The molecule has 0 aromatic heterocycles. The van der Waals surface area contributed by atoms with Crippen LogP contribution in [0.3, 0.4) is 0 Å². The third kappa shape index (κ3) is 12.8. The highest BCUT2D eigenvalue weighted by atomic mass is 16.8. The summed E-state index contributed by atoms with van der Waals surface area (Å²) in [6.45, 7) is 36.4. The Kier molecular flexibility index (Phi) is 22.1. The maximum absolute atomic E-state index is 11.9. The molecule has 0 aromatic rings. The van der Waals surface area contributed by atoms with Crippen LogP contribution in [0.15, 0.2) is 0 Å². The molecule has 0 aliphatic carbocycles. The number of rotatable bonds is 17. The van der Waals surface area contributed by atoms with Gasteiger partial charge in [0.2, 0.25) is 0 Å². The zero-order valence-corrected chi connectivity index (χ0v) is 49.3. The molecule has 0 amide bonds. The van der Waals surface area contributed by atoms with Crippen LogP contribution in [-0.4, -0.2) is 181 Å². The van der Waals surface area contributed by atoms with Gasteiger partial charge in [0.25, 0.3) is 0 Å². The molecule has 18 nitrogen and oxygen atoms in total. The van der Waals surface area contributed by atoms with Crippen molar-refractivity contribution in [3.63, 3.8) is 0 Å². The van der Waals surface area contributed by atoms with Gasteiger partial charge in [0.15, 0.2) is 37.7 Å². The quantitative estimate of drug-likeness (QED) is 0.111. The van der Waals surface area contributed by atoms with Crippen LogP contribution in [0.2, 0.25) is 0 Å². The lowest BCUT2D eigenvalue weighted by Crippen LogP contribution is -2.62.